The fourth-order valence-corrected chi connectivity index (χ4v) is 3.68. The summed E-state index contributed by atoms with van der Waals surface area (Å²) in [4.78, 5) is 19.2. The molecule has 1 fully saturated rings. The number of benzene rings is 1. The average Bonchev–Trinajstić information content (AvgIpc) is 2.93. The van der Waals surface area contributed by atoms with Crippen LogP contribution in [0.1, 0.15) is 56.5 Å². The van der Waals surface area contributed by atoms with Gasteiger partial charge in [-0.3, -0.25) is 4.79 Å². The maximum Gasteiger partial charge on any atom is 0.224 e. The lowest BCUT2D eigenvalue weighted by Gasteiger charge is -2.31. The normalized spacial score (nSPS) is 18.2. The predicted octanol–water partition coefficient (Wildman–Crippen LogP) is 4.12. The molecule has 0 saturated carbocycles. The molecule has 0 N–H and O–H groups in total. The monoisotopic (exact) mass is 343 g/mol. The van der Waals surface area contributed by atoms with Gasteiger partial charge in [0, 0.05) is 38.3 Å². The van der Waals surface area contributed by atoms with Crippen LogP contribution in [-0.4, -0.2) is 26.9 Å². The van der Waals surface area contributed by atoms with Gasteiger partial charge in [0.2, 0.25) is 5.91 Å². The first-order valence-electron chi connectivity index (χ1n) is 9.24. The maximum absolute atomic E-state index is 13.7. The smallest absolute Gasteiger partial charge is 0.224 e. The van der Waals surface area contributed by atoms with Gasteiger partial charge in [-0.1, -0.05) is 31.9 Å². The van der Waals surface area contributed by atoms with Crippen LogP contribution in [-0.2, 0) is 17.8 Å². The summed E-state index contributed by atoms with van der Waals surface area (Å²) in [5.41, 5.74) is 0.909. The highest BCUT2D eigenvalue weighted by atomic mass is 19.1. The number of hydrogen-bond acceptors (Lipinski definition) is 2. The Balaban J connectivity index is 1.73. The number of amides is 1. The van der Waals surface area contributed by atoms with Gasteiger partial charge < -0.3 is 9.47 Å². The Morgan fingerprint density at radius 2 is 2.20 bits per heavy atom. The van der Waals surface area contributed by atoms with Crippen molar-refractivity contribution in [1.29, 1.82) is 0 Å². The van der Waals surface area contributed by atoms with Crippen molar-refractivity contribution in [1.82, 2.24) is 14.5 Å². The third-order valence-electron chi connectivity index (χ3n) is 4.99. The SMILES string of the molecule is CCc1nccn1CCC(=O)N1CCCCCC1c1cccc(F)c1. The lowest BCUT2D eigenvalue weighted by Crippen LogP contribution is -2.35. The molecule has 4 nitrogen and oxygen atoms in total. The van der Waals surface area contributed by atoms with E-state index in [0.29, 0.717) is 13.0 Å². The first-order valence-corrected chi connectivity index (χ1v) is 9.24. The number of imidazole rings is 1. The van der Waals surface area contributed by atoms with Gasteiger partial charge in [-0.15, -0.1) is 0 Å². The van der Waals surface area contributed by atoms with Crippen LogP contribution in [0.4, 0.5) is 4.39 Å². The average molecular weight is 343 g/mol. The molecular weight excluding hydrogens is 317 g/mol. The zero-order valence-corrected chi connectivity index (χ0v) is 14.8. The molecular formula is C20H26FN3O. The van der Waals surface area contributed by atoms with E-state index in [1.807, 2.05) is 21.7 Å². The van der Waals surface area contributed by atoms with E-state index < -0.39 is 0 Å². The van der Waals surface area contributed by atoms with Gasteiger partial charge in [-0.2, -0.15) is 0 Å². The molecule has 1 aliphatic heterocycles. The third kappa shape index (κ3) is 4.27. The number of aryl methyl sites for hydroxylation is 2. The Bertz CT molecular complexity index is 712. The molecule has 3 rings (SSSR count). The van der Waals surface area contributed by atoms with E-state index in [0.717, 1.165) is 50.0 Å². The maximum atomic E-state index is 13.7. The second-order valence-electron chi connectivity index (χ2n) is 6.65. The molecule has 1 aliphatic rings. The van der Waals surface area contributed by atoms with E-state index in [-0.39, 0.29) is 17.8 Å². The van der Waals surface area contributed by atoms with Crippen LogP contribution in [0.3, 0.4) is 0 Å². The van der Waals surface area contributed by atoms with Crippen molar-refractivity contribution in [3.8, 4) is 0 Å². The summed E-state index contributed by atoms with van der Waals surface area (Å²) in [5.74, 6) is 0.914. The van der Waals surface area contributed by atoms with Gasteiger partial charge in [0.25, 0.3) is 0 Å². The van der Waals surface area contributed by atoms with E-state index in [4.69, 9.17) is 0 Å². The molecule has 0 spiro atoms. The molecule has 2 heterocycles. The second kappa shape index (κ2) is 8.28. The van der Waals surface area contributed by atoms with Crippen molar-refractivity contribution in [3.63, 3.8) is 0 Å². The number of likely N-dealkylation sites (tertiary alicyclic amines) is 1. The quantitative estimate of drug-likeness (QED) is 0.819. The molecule has 1 atom stereocenters. The van der Waals surface area contributed by atoms with Crippen LogP contribution in [0.5, 0.6) is 0 Å². The standard InChI is InChI=1S/C20H26FN3O/c1-2-19-22-11-14-23(19)13-10-20(25)24-12-5-3-4-9-18(24)16-7-6-8-17(21)15-16/h6-8,11,14-15,18H,2-5,9-10,12-13H2,1H3. The van der Waals surface area contributed by atoms with Gasteiger partial charge in [-0.25, -0.2) is 9.37 Å². The van der Waals surface area contributed by atoms with Gasteiger partial charge in [0.15, 0.2) is 0 Å². The summed E-state index contributed by atoms with van der Waals surface area (Å²) in [6.45, 7) is 3.47. The van der Waals surface area contributed by atoms with Crippen LogP contribution in [0, 0.1) is 5.82 Å². The molecule has 1 saturated heterocycles. The highest BCUT2D eigenvalue weighted by Crippen LogP contribution is 2.31. The highest BCUT2D eigenvalue weighted by molar-refractivity contribution is 5.76. The van der Waals surface area contributed by atoms with E-state index >= 15 is 0 Å². The number of carbonyl (C=O) groups is 1. The summed E-state index contributed by atoms with van der Waals surface area (Å²) >= 11 is 0. The summed E-state index contributed by atoms with van der Waals surface area (Å²) in [6.07, 6.45) is 9.14. The number of aromatic nitrogens is 2. The third-order valence-corrected chi connectivity index (χ3v) is 4.99. The number of nitrogens with zero attached hydrogens (tertiary/aromatic N) is 3. The van der Waals surface area contributed by atoms with Crippen LogP contribution in [0.15, 0.2) is 36.7 Å². The molecule has 1 unspecified atom stereocenters. The fourth-order valence-electron chi connectivity index (χ4n) is 3.68. The molecule has 0 radical (unpaired) electrons. The minimum Gasteiger partial charge on any atom is -0.336 e. The number of hydrogen-bond donors (Lipinski definition) is 0. The van der Waals surface area contributed by atoms with E-state index in [1.165, 1.54) is 6.07 Å². The summed E-state index contributed by atoms with van der Waals surface area (Å²) in [6, 6.07) is 6.68. The minimum absolute atomic E-state index is 0.0147. The van der Waals surface area contributed by atoms with Crippen molar-refractivity contribution in [3.05, 3.63) is 53.9 Å². The fraction of sp³-hybridized carbons (Fsp3) is 0.500. The molecule has 1 aromatic carbocycles. The first-order chi connectivity index (χ1) is 12.2. The van der Waals surface area contributed by atoms with Gasteiger partial charge in [0.05, 0.1) is 6.04 Å². The van der Waals surface area contributed by atoms with Crippen molar-refractivity contribution >= 4 is 5.91 Å². The van der Waals surface area contributed by atoms with E-state index in [9.17, 15) is 9.18 Å². The molecule has 0 aliphatic carbocycles. The number of halogens is 1. The van der Waals surface area contributed by atoms with Crippen molar-refractivity contribution in [2.24, 2.45) is 0 Å². The molecule has 2 aromatic rings. The Morgan fingerprint density at radius 1 is 1.32 bits per heavy atom. The minimum atomic E-state index is -0.236. The van der Waals surface area contributed by atoms with Gasteiger partial charge >= 0.3 is 0 Å². The first kappa shape index (κ1) is 17.6. The van der Waals surface area contributed by atoms with Crippen molar-refractivity contribution in [2.75, 3.05) is 6.54 Å². The Labute approximate surface area is 148 Å². The zero-order valence-electron chi connectivity index (χ0n) is 14.8. The largest absolute Gasteiger partial charge is 0.336 e. The van der Waals surface area contributed by atoms with Crippen LogP contribution >= 0.6 is 0 Å². The highest BCUT2D eigenvalue weighted by Gasteiger charge is 2.26. The lowest BCUT2D eigenvalue weighted by molar-refractivity contribution is -0.133. The zero-order chi connectivity index (χ0) is 17.6. The van der Waals surface area contributed by atoms with Gasteiger partial charge in [0.1, 0.15) is 11.6 Å². The number of rotatable bonds is 5. The number of carbonyl (C=O) groups excluding carboxylic acids is 1. The van der Waals surface area contributed by atoms with E-state index in [1.54, 1.807) is 18.3 Å². The Morgan fingerprint density at radius 3 is 3.00 bits per heavy atom. The van der Waals surface area contributed by atoms with Crippen LogP contribution in [0.25, 0.3) is 0 Å². The van der Waals surface area contributed by atoms with Crippen LogP contribution < -0.4 is 0 Å². The second-order valence-corrected chi connectivity index (χ2v) is 6.65. The molecule has 25 heavy (non-hydrogen) atoms. The molecule has 134 valence electrons. The lowest BCUT2D eigenvalue weighted by atomic mass is 10.0. The summed E-state index contributed by atoms with van der Waals surface area (Å²) in [7, 11) is 0. The van der Waals surface area contributed by atoms with Crippen LogP contribution in [0.2, 0.25) is 0 Å². The van der Waals surface area contributed by atoms with Crippen molar-refractivity contribution < 1.29 is 9.18 Å². The molecule has 0 bridgehead atoms. The van der Waals surface area contributed by atoms with E-state index in [2.05, 4.69) is 11.9 Å². The predicted molar refractivity (Wildman–Crippen MR) is 95.5 cm³/mol. The topological polar surface area (TPSA) is 38.1 Å². The van der Waals surface area contributed by atoms with Crippen molar-refractivity contribution in [2.45, 2.75) is 58.0 Å². The molecule has 1 aromatic heterocycles. The molecule has 5 heteroatoms. The van der Waals surface area contributed by atoms with Gasteiger partial charge in [-0.05, 0) is 30.5 Å². The Hall–Kier alpha value is -2.17. The molecule has 1 amide bonds. The Kier molecular flexibility index (Phi) is 5.84. The summed E-state index contributed by atoms with van der Waals surface area (Å²) < 4.78 is 15.7. The summed E-state index contributed by atoms with van der Waals surface area (Å²) in [5, 5.41) is 0.